The van der Waals surface area contributed by atoms with Gasteiger partial charge in [0.05, 0.1) is 11.9 Å². The number of carbonyl (C=O) groups excluding carboxylic acids is 1. The highest BCUT2D eigenvalue weighted by atomic mass is 35.5. The highest BCUT2D eigenvalue weighted by Crippen LogP contribution is 2.25. The maximum Gasteiger partial charge on any atom is 0.228 e. The number of aromatic nitrogens is 1. The minimum absolute atomic E-state index is 0.0959. The molecule has 1 saturated heterocycles. The molecule has 2 heterocycles. The molecule has 1 aromatic heterocycles. The Labute approximate surface area is 98.8 Å². The zero-order chi connectivity index (χ0) is 11.0. The normalized spacial score (nSPS) is 21.1. The molecule has 5 heteroatoms. The average molecular weight is 243 g/mol. The van der Waals surface area contributed by atoms with Crippen molar-refractivity contribution in [2.45, 2.75) is 18.6 Å². The third-order valence-corrected chi connectivity index (χ3v) is 3.16. The molecule has 0 aromatic carbocycles. The molecule has 15 heavy (non-hydrogen) atoms. The summed E-state index contributed by atoms with van der Waals surface area (Å²) in [5.74, 6) is 0.0959. The van der Waals surface area contributed by atoms with Crippen LogP contribution in [0.1, 0.15) is 12.0 Å². The van der Waals surface area contributed by atoms with E-state index in [0.29, 0.717) is 18.1 Å². The summed E-state index contributed by atoms with van der Waals surface area (Å²) in [5, 5.41) is 0.598. The number of carbonyl (C=O) groups is 1. The molecule has 0 aliphatic carbocycles. The Hall–Kier alpha value is -0.740. The molecule has 3 nitrogen and oxygen atoms in total. The second-order valence-corrected chi connectivity index (χ2v) is 4.75. The number of thiol groups is 1. The van der Waals surface area contributed by atoms with Gasteiger partial charge in [-0.3, -0.25) is 4.79 Å². The van der Waals surface area contributed by atoms with Gasteiger partial charge in [-0.05, 0) is 18.6 Å². The zero-order valence-electron chi connectivity index (χ0n) is 8.27. The van der Waals surface area contributed by atoms with Gasteiger partial charge in [0.2, 0.25) is 5.91 Å². The number of hydrogen-bond acceptors (Lipinski definition) is 3. The number of aryl methyl sites for hydroxylation is 1. The summed E-state index contributed by atoms with van der Waals surface area (Å²) < 4.78 is 0. The number of nitrogens with zero attached hydrogens (tertiary/aromatic N) is 2. The molecule has 1 unspecified atom stereocenters. The van der Waals surface area contributed by atoms with Crippen molar-refractivity contribution in [3.05, 3.63) is 23.0 Å². The molecule has 0 saturated carbocycles. The first kappa shape index (κ1) is 10.8. The molecule has 1 amide bonds. The topological polar surface area (TPSA) is 33.2 Å². The first-order chi connectivity index (χ1) is 7.08. The van der Waals surface area contributed by atoms with Gasteiger partial charge in [0.1, 0.15) is 5.15 Å². The van der Waals surface area contributed by atoms with E-state index in [0.717, 1.165) is 11.3 Å². The predicted octanol–water partition coefficient (Wildman–Crippen LogP) is 2.08. The van der Waals surface area contributed by atoms with Gasteiger partial charge in [-0.1, -0.05) is 11.6 Å². The Bertz CT molecular complexity index is 410. The molecule has 1 fully saturated rings. The quantitative estimate of drug-likeness (QED) is 0.604. The molecule has 1 aromatic rings. The maximum atomic E-state index is 11.6. The summed E-state index contributed by atoms with van der Waals surface area (Å²) in [4.78, 5) is 17.3. The van der Waals surface area contributed by atoms with Crippen molar-refractivity contribution in [2.24, 2.45) is 0 Å². The summed E-state index contributed by atoms with van der Waals surface area (Å²) in [6.07, 6.45) is 2.11. The van der Waals surface area contributed by atoms with Crippen LogP contribution in [0.15, 0.2) is 12.3 Å². The highest BCUT2D eigenvalue weighted by Gasteiger charge is 2.28. The van der Waals surface area contributed by atoms with E-state index in [9.17, 15) is 4.79 Å². The minimum atomic E-state index is 0.0959. The van der Waals surface area contributed by atoms with Crippen LogP contribution in [0.3, 0.4) is 0 Å². The van der Waals surface area contributed by atoms with E-state index in [4.69, 9.17) is 11.6 Å². The van der Waals surface area contributed by atoms with E-state index < -0.39 is 0 Å². The summed E-state index contributed by atoms with van der Waals surface area (Å²) in [6, 6.07) is 1.87. The fraction of sp³-hybridized carbons (Fsp3) is 0.400. The van der Waals surface area contributed by atoms with Gasteiger partial charge in [0, 0.05) is 18.2 Å². The summed E-state index contributed by atoms with van der Waals surface area (Å²) in [6.45, 7) is 2.52. The number of anilines is 1. The summed E-state index contributed by atoms with van der Waals surface area (Å²) in [5.41, 5.74) is 1.68. The van der Waals surface area contributed by atoms with Crippen LogP contribution < -0.4 is 4.90 Å². The van der Waals surface area contributed by atoms with Crippen molar-refractivity contribution in [3.63, 3.8) is 0 Å². The Kier molecular flexibility index (Phi) is 2.89. The Morgan fingerprint density at radius 3 is 2.93 bits per heavy atom. The average Bonchev–Trinajstić information content (AvgIpc) is 2.50. The van der Waals surface area contributed by atoms with Crippen LogP contribution in [-0.2, 0) is 4.79 Å². The lowest BCUT2D eigenvalue weighted by atomic mass is 10.3. The van der Waals surface area contributed by atoms with Crippen molar-refractivity contribution in [3.8, 4) is 0 Å². The fourth-order valence-corrected chi connectivity index (χ4v) is 2.05. The second kappa shape index (κ2) is 4.02. The molecule has 0 spiro atoms. The van der Waals surface area contributed by atoms with E-state index in [1.54, 1.807) is 11.1 Å². The van der Waals surface area contributed by atoms with Crippen molar-refractivity contribution < 1.29 is 4.79 Å². The molecule has 1 atom stereocenters. The van der Waals surface area contributed by atoms with Gasteiger partial charge in [-0.25, -0.2) is 4.98 Å². The smallest absolute Gasteiger partial charge is 0.228 e. The molecule has 80 valence electrons. The van der Waals surface area contributed by atoms with E-state index >= 15 is 0 Å². The van der Waals surface area contributed by atoms with E-state index in [1.807, 2.05) is 13.0 Å². The van der Waals surface area contributed by atoms with Crippen molar-refractivity contribution >= 4 is 35.8 Å². The van der Waals surface area contributed by atoms with Crippen LogP contribution in [0.4, 0.5) is 5.69 Å². The van der Waals surface area contributed by atoms with Crippen LogP contribution in [0.5, 0.6) is 0 Å². The lowest BCUT2D eigenvalue weighted by molar-refractivity contribution is -0.117. The van der Waals surface area contributed by atoms with Crippen LogP contribution in [-0.4, -0.2) is 22.7 Å². The van der Waals surface area contributed by atoms with E-state index in [-0.39, 0.29) is 11.2 Å². The molecular weight excluding hydrogens is 232 g/mol. The number of rotatable bonds is 1. The zero-order valence-corrected chi connectivity index (χ0v) is 9.92. The van der Waals surface area contributed by atoms with E-state index in [2.05, 4.69) is 17.6 Å². The third-order valence-electron chi connectivity index (χ3n) is 2.42. The summed E-state index contributed by atoms with van der Waals surface area (Å²) >= 11 is 10.1. The molecule has 0 N–H and O–H groups in total. The molecule has 0 bridgehead atoms. The van der Waals surface area contributed by atoms with Gasteiger partial charge in [-0.15, -0.1) is 0 Å². The predicted molar refractivity (Wildman–Crippen MR) is 63.7 cm³/mol. The molecule has 2 rings (SSSR count). The lowest BCUT2D eigenvalue weighted by Crippen LogP contribution is -2.24. The van der Waals surface area contributed by atoms with Gasteiger partial charge < -0.3 is 4.90 Å². The van der Waals surface area contributed by atoms with Crippen LogP contribution in [0, 0.1) is 6.92 Å². The van der Waals surface area contributed by atoms with E-state index in [1.165, 1.54) is 0 Å². The molecule has 0 radical (unpaired) electrons. The maximum absolute atomic E-state index is 11.6. The van der Waals surface area contributed by atoms with Crippen LogP contribution in [0.25, 0.3) is 0 Å². The first-order valence-electron chi connectivity index (χ1n) is 4.68. The Morgan fingerprint density at radius 1 is 1.67 bits per heavy atom. The van der Waals surface area contributed by atoms with Gasteiger partial charge >= 0.3 is 0 Å². The Morgan fingerprint density at radius 2 is 2.40 bits per heavy atom. The lowest BCUT2D eigenvalue weighted by Gasteiger charge is -2.16. The van der Waals surface area contributed by atoms with Gasteiger partial charge in [0.15, 0.2) is 0 Å². The number of amides is 1. The number of pyridine rings is 1. The number of halogens is 1. The fourth-order valence-electron chi connectivity index (χ4n) is 1.63. The third kappa shape index (κ3) is 2.11. The van der Waals surface area contributed by atoms with Gasteiger partial charge in [-0.2, -0.15) is 12.6 Å². The molecular formula is C10H11ClN2OS. The van der Waals surface area contributed by atoms with Crippen molar-refractivity contribution in [2.75, 3.05) is 11.4 Å². The number of hydrogen-bond donors (Lipinski definition) is 1. The monoisotopic (exact) mass is 242 g/mol. The molecule has 1 aliphatic heterocycles. The largest absolute Gasteiger partial charge is 0.310 e. The van der Waals surface area contributed by atoms with Crippen molar-refractivity contribution in [1.82, 2.24) is 4.98 Å². The molecule has 1 aliphatic rings. The minimum Gasteiger partial charge on any atom is -0.310 e. The van der Waals surface area contributed by atoms with Crippen LogP contribution >= 0.6 is 24.2 Å². The SMILES string of the molecule is Cc1cc(N2CC(S)CC2=O)cnc1Cl. The Balaban J connectivity index is 2.30. The standard InChI is InChI=1S/C10H11ClN2OS/c1-6-2-7(4-12-10(6)11)13-5-8(15)3-9(13)14/h2,4,8,15H,3,5H2,1H3. The van der Waals surface area contributed by atoms with Crippen LogP contribution in [0.2, 0.25) is 5.15 Å². The first-order valence-corrected chi connectivity index (χ1v) is 5.58. The van der Waals surface area contributed by atoms with Crippen molar-refractivity contribution in [1.29, 1.82) is 0 Å². The van der Waals surface area contributed by atoms with Gasteiger partial charge in [0.25, 0.3) is 0 Å². The second-order valence-electron chi connectivity index (χ2n) is 3.66. The summed E-state index contributed by atoms with van der Waals surface area (Å²) in [7, 11) is 0. The highest BCUT2D eigenvalue weighted by molar-refractivity contribution is 7.81.